The zero-order valence-corrected chi connectivity index (χ0v) is 12.4. The molecule has 1 aromatic heterocycles. The van der Waals surface area contributed by atoms with E-state index in [1.165, 1.54) is 6.07 Å². The van der Waals surface area contributed by atoms with Gasteiger partial charge in [-0.15, -0.1) is 0 Å². The van der Waals surface area contributed by atoms with Crippen LogP contribution in [0.2, 0.25) is 5.02 Å². The van der Waals surface area contributed by atoms with Gasteiger partial charge in [0.05, 0.1) is 10.7 Å². The summed E-state index contributed by atoms with van der Waals surface area (Å²) in [5.41, 5.74) is 2.51. The molecule has 0 saturated carbocycles. The molecule has 21 heavy (non-hydrogen) atoms. The Labute approximate surface area is 126 Å². The molecule has 110 valence electrons. The summed E-state index contributed by atoms with van der Waals surface area (Å²) >= 11 is 5.80. The fourth-order valence-corrected chi connectivity index (χ4v) is 2.85. The van der Waals surface area contributed by atoms with Crippen LogP contribution >= 0.6 is 11.6 Å². The molecule has 2 aromatic rings. The normalized spacial score (nSPS) is 15.0. The molecule has 4 nitrogen and oxygen atoms in total. The molecule has 6 heteroatoms. The molecule has 0 unspecified atom stereocenters. The molecular weight excluding hydrogens is 293 g/mol. The second kappa shape index (κ2) is 5.58. The summed E-state index contributed by atoms with van der Waals surface area (Å²) in [7, 11) is 0. The molecule has 1 aliphatic heterocycles. The van der Waals surface area contributed by atoms with Crippen molar-refractivity contribution in [3.05, 3.63) is 62.0 Å². The van der Waals surface area contributed by atoms with E-state index < -0.39 is 5.82 Å². The molecule has 2 heterocycles. The average molecular weight is 308 g/mol. The predicted octanol–water partition coefficient (Wildman–Crippen LogP) is 2.43. The summed E-state index contributed by atoms with van der Waals surface area (Å²) in [4.78, 5) is 21.2. The zero-order chi connectivity index (χ0) is 15.0. The largest absolute Gasteiger partial charge is 0.311 e. The topological polar surface area (TPSA) is 49.0 Å². The number of aromatic nitrogens is 2. The lowest BCUT2D eigenvalue weighted by molar-refractivity contribution is 0.240. The van der Waals surface area contributed by atoms with E-state index in [1.807, 2.05) is 0 Å². The average Bonchev–Trinajstić information content (AvgIpc) is 2.42. The van der Waals surface area contributed by atoms with Crippen LogP contribution in [0.1, 0.15) is 22.6 Å². The molecule has 0 aliphatic carbocycles. The van der Waals surface area contributed by atoms with Crippen LogP contribution < -0.4 is 5.56 Å². The van der Waals surface area contributed by atoms with Gasteiger partial charge in [-0.3, -0.25) is 9.69 Å². The van der Waals surface area contributed by atoms with E-state index in [9.17, 15) is 9.18 Å². The number of rotatable bonds is 2. The highest BCUT2D eigenvalue weighted by molar-refractivity contribution is 6.30. The monoisotopic (exact) mass is 307 g/mol. The maximum Gasteiger partial charge on any atom is 0.254 e. The van der Waals surface area contributed by atoms with Crippen molar-refractivity contribution >= 4 is 11.6 Å². The molecule has 1 aliphatic rings. The van der Waals surface area contributed by atoms with Gasteiger partial charge in [0.1, 0.15) is 11.6 Å². The molecule has 0 spiro atoms. The summed E-state index contributed by atoms with van der Waals surface area (Å²) in [6.45, 7) is 3.83. The van der Waals surface area contributed by atoms with Gasteiger partial charge >= 0.3 is 0 Å². The van der Waals surface area contributed by atoms with E-state index in [0.717, 1.165) is 23.4 Å². The van der Waals surface area contributed by atoms with Gasteiger partial charge in [0.25, 0.3) is 5.56 Å². The Morgan fingerprint density at radius 1 is 1.48 bits per heavy atom. The Morgan fingerprint density at radius 3 is 3.05 bits per heavy atom. The van der Waals surface area contributed by atoms with Crippen molar-refractivity contribution in [3.8, 4) is 0 Å². The second-order valence-electron chi connectivity index (χ2n) is 5.29. The lowest BCUT2D eigenvalue weighted by Crippen LogP contribution is -2.35. The second-order valence-corrected chi connectivity index (χ2v) is 5.69. The SMILES string of the molecule is Cc1nc2c(c(=O)[nH]1)CCN(Cc1ccc(F)c(Cl)c1)C2. The van der Waals surface area contributed by atoms with Gasteiger partial charge in [0.2, 0.25) is 0 Å². The Bertz CT molecular complexity index is 744. The Balaban J connectivity index is 1.80. The van der Waals surface area contributed by atoms with Gasteiger partial charge in [-0.2, -0.15) is 0 Å². The van der Waals surface area contributed by atoms with E-state index >= 15 is 0 Å². The molecular formula is C15H15ClFN3O. The minimum Gasteiger partial charge on any atom is -0.311 e. The summed E-state index contributed by atoms with van der Waals surface area (Å²) in [5, 5.41) is 0.135. The maximum atomic E-state index is 13.2. The molecule has 0 radical (unpaired) electrons. The van der Waals surface area contributed by atoms with Crippen LogP contribution in [0, 0.1) is 12.7 Å². The van der Waals surface area contributed by atoms with Crippen LogP contribution in [0.3, 0.4) is 0 Å². The first-order valence-corrected chi connectivity index (χ1v) is 7.15. The fourth-order valence-electron chi connectivity index (χ4n) is 2.65. The van der Waals surface area contributed by atoms with Crippen LogP contribution in [0.25, 0.3) is 0 Å². The highest BCUT2D eigenvalue weighted by atomic mass is 35.5. The molecule has 0 fully saturated rings. The van der Waals surface area contributed by atoms with Crippen LogP contribution in [0.15, 0.2) is 23.0 Å². The third-order valence-corrected chi connectivity index (χ3v) is 3.95. The summed E-state index contributed by atoms with van der Waals surface area (Å²) in [5.74, 6) is 0.221. The third-order valence-electron chi connectivity index (χ3n) is 3.66. The van der Waals surface area contributed by atoms with Crippen molar-refractivity contribution in [2.75, 3.05) is 6.54 Å². The molecule has 3 rings (SSSR count). The first-order chi connectivity index (χ1) is 10.0. The Hall–Kier alpha value is -1.72. The van der Waals surface area contributed by atoms with Crippen molar-refractivity contribution in [1.29, 1.82) is 0 Å². The molecule has 1 aromatic carbocycles. The number of halogens is 2. The van der Waals surface area contributed by atoms with E-state index in [-0.39, 0.29) is 10.6 Å². The van der Waals surface area contributed by atoms with Gasteiger partial charge < -0.3 is 4.98 Å². The number of hydrogen-bond acceptors (Lipinski definition) is 3. The lowest BCUT2D eigenvalue weighted by Gasteiger charge is -2.27. The van der Waals surface area contributed by atoms with Crippen molar-refractivity contribution in [1.82, 2.24) is 14.9 Å². The molecule has 0 saturated heterocycles. The summed E-state index contributed by atoms with van der Waals surface area (Å²) in [6, 6.07) is 4.75. The number of benzene rings is 1. The highest BCUT2D eigenvalue weighted by Crippen LogP contribution is 2.20. The quantitative estimate of drug-likeness (QED) is 0.927. The van der Waals surface area contributed by atoms with Crippen LogP contribution in [-0.4, -0.2) is 21.4 Å². The van der Waals surface area contributed by atoms with E-state index in [1.54, 1.807) is 19.1 Å². The van der Waals surface area contributed by atoms with Gasteiger partial charge in [0.15, 0.2) is 0 Å². The van der Waals surface area contributed by atoms with Gasteiger partial charge in [-0.05, 0) is 31.0 Å². The number of aromatic amines is 1. The van der Waals surface area contributed by atoms with E-state index in [4.69, 9.17) is 11.6 Å². The number of fused-ring (bicyclic) bond motifs is 1. The van der Waals surface area contributed by atoms with Crippen molar-refractivity contribution in [3.63, 3.8) is 0 Å². The fraction of sp³-hybridized carbons (Fsp3) is 0.333. The number of nitrogens with one attached hydrogen (secondary N) is 1. The Morgan fingerprint density at radius 2 is 2.29 bits per heavy atom. The Kier molecular flexibility index (Phi) is 3.78. The number of H-pyrrole nitrogens is 1. The first-order valence-electron chi connectivity index (χ1n) is 6.78. The van der Waals surface area contributed by atoms with Crippen LogP contribution in [0.4, 0.5) is 4.39 Å². The highest BCUT2D eigenvalue weighted by Gasteiger charge is 2.20. The van der Waals surface area contributed by atoms with Crippen LogP contribution in [0.5, 0.6) is 0 Å². The van der Waals surface area contributed by atoms with E-state index in [2.05, 4.69) is 14.9 Å². The first kappa shape index (κ1) is 14.2. The van der Waals surface area contributed by atoms with Gasteiger partial charge in [-0.25, -0.2) is 9.37 Å². The number of hydrogen-bond donors (Lipinski definition) is 1. The molecule has 0 amide bonds. The summed E-state index contributed by atoms with van der Waals surface area (Å²) < 4.78 is 13.2. The minimum atomic E-state index is -0.409. The van der Waals surface area contributed by atoms with Crippen molar-refractivity contribution in [2.45, 2.75) is 26.4 Å². The number of aryl methyl sites for hydroxylation is 1. The predicted molar refractivity (Wildman–Crippen MR) is 78.8 cm³/mol. The van der Waals surface area contributed by atoms with Gasteiger partial charge in [-0.1, -0.05) is 17.7 Å². The van der Waals surface area contributed by atoms with E-state index in [0.29, 0.717) is 25.3 Å². The standard InChI is InChI=1S/C15H15ClFN3O/c1-9-18-14-8-20(5-4-11(14)15(21)19-9)7-10-2-3-13(17)12(16)6-10/h2-3,6H,4-5,7-8H2,1H3,(H,18,19,21). The van der Waals surface area contributed by atoms with Crippen molar-refractivity contribution in [2.24, 2.45) is 0 Å². The zero-order valence-electron chi connectivity index (χ0n) is 11.6. The molecule has 1 N–H and O–H groups in total. The maximum absolute atomic E-state index is 13.2. The smallest absolute Gasteiger partial charge is 0.254 e. The van der Waals surface area contributed by atoms with Crippen molar-refractivity contribution < 1.29 is 4.39 Å². The van der Waals surface area contributed by atoms with Crippen LogP contribution in [-0.2, 0) is 19.5 Å². The molecule has 0 bridgehead atoms. The van der Waals surface area contributed by atoms with Gasteiger partial charge in [0, 0.05) is 25.2 Å². The third kappa shape index (κ3) is 2.99. The minimum absolute atomic E-state index is 0.0398. The lowest BCUT2D eigenvalue weighted by atomic mass is 10.1. The molecule has 0 atom stereocenters. The summed E-state index contributed by atoms with van der Waals surface area (Å²) in [6.07, 6.45) is 0.673. The number of nitrogens with zero attached hydrogens (tertiary/aromatic N) is 2.